The van der Waals surface area contributed by atoms with Gasteiger partial charge in [-0.2, -0.15) is 0 Å². The minimum absolute atomic E-state index is 0.0450. The van der Waals surface area contributed by atoms with Crippen LogP contribution in [0.3, 0.4) is 0 Å². The van der Waals surface area contributed by atoms with Gasteiger partial charge in [0.15, 0.2) is 0 Å². The number of alkyl carbamates (subject to hydrolysis) is 1. The highest BCUT2D eigenvalue weighted by molar-refractivity contribution is 5.79. The molecule has 170 valence electrons. The Labute approximate surface area is 194 Å². The highest BCUT2D eigenvalue weighted by atomic mass is 16.5. The van der Waals surface area contributed by atoms with E-state index >= 15 is 0 Å². The van der Waals surface area contributed by atoms with Crippen LogP contribution in [0.4, 0.5) is 4.79 Å². The number of hydrogen-bond donors (Lipinski definition) is 2. The van der Waals surface area contributed by atoms with Gasteiger partial charge in [-0.1, -0.05) is 86.6 Å². The van der Waals surface area contributed by atoms with E-state index in [0.29, 0.717) is 5.92 Å². The number of carbonyl (C=O) groups excluding carboxylic acids is 1. The van der Waals surface area contributed by atoms with Gasteiger partial charge >= 0.3 is 12.1 Å². The van der Waals surface area contributed by atoms with Crippen LogP contribution in [0.15, 0.2) is 72.8 Å². The molecular weight excluding hydrogens is 414 g/mol. The normalized spacial score (nSPS) is 13.3. The van der Waals surface area contributed by atoms with Gasteiger partial charge in [0.1, 0.15) is 6.61 Å². The van der Waals surface area contributed by atoms with Gasteiger partial charge in [-0.25, -0.2) is 4.79 Å². The summed E-state index contributed by atoms with van der Waals surface area (Å²) >= 11 is 0. The number of fused-ring (bicyclic) bond motifs is 3. The summed E-state index contributed by atoms with van der Waals surface area (Å²) in [6, 6.07) is 23.4. The SMILES string of the molecule is CC(C)Cc1ccc([C@@H](CC(=O)O)NC(=O)OCC2c3ccccc3-c3ccccc32)cc1. The maximum atomic E-state index is 12.7. The lowest BCUT2D eigenvalue weighted by atomic mass is 9.98. The second-order valence-corrected chi connectivity index (χ2v) is 8.96. The number of amides is 1. The second-order valence-electron chi connectivity index (χ2n) is 8.96. The van der Waals surface area contributed by atoms with E-state index in [1.54, 1.807) is 0 Å². The van der Waals surface area contributed by atoms with Crippen molar-refractivity contribution in [2.24, 2.45) is 5.92 Å². The summed E-state index contributed by atoms with van der Waals surface area (Å²) in [5, 5.41) is 12.1. The largest absolute Gasteiger partial charge is 0.481 e. The molecule has 1 aliphatic rings. The summed E-state index contributed by atoms with van der Waals surface area (Å²) in [5.41, 5.74) is 6.52. The van der Waals surface area contributed by atoms with Crippen molar-refractivity contribution < 1.29 is 19.4 Å². The Balaban J connectivity index is 1.45. The summed E-state index contributed by atoms with van der Waals surface area (Å²) in [6.45, 7) is 4.49. The number of nitrogens with one attached hydrogen (secondary N) is 1. The average molecular weight is 444 g/mol. The van der Waals surface area contributed by atoms with E-state index in [4.69, 9.17) is 4.74 Å². The first-order chi connectivity index (χ1) is 15.9. The molecule has 3 aromatic carbocycles. The Hall–Kier alpha value is -3.60. The van der Waals surface area contributed by atoms with Crippen molar-refractivity contribution in [3.8, 4) is 11.1 Å². The van der Waals surface area contributed by atoms with E-state index in [0.717, 1.165) is 34.2 Å². The predicted octanol–water partition coefficient (Wildman–Crippen LogP) is 5.94. The third-order valence-electron chi connectivity index (χ3n) is 6.04. The number of hydrogen-bond acceptors (Lipinski definition) is 3. The van der Waals surface area contributed by atoms with Crippen LogP contribution >= 0.6 is 0 Å². The van der Waals surface area contributed by atoms with Crippen LogP contribution in [0.2, 0.25) is 0 Å². The van der Waals surface area contributed by atoms with Gasteiger partial charge in [-0.3, -0.25) is 4.79 Å². The second kappa shape index (κ2) is 9.90. The van der Waals surface area contributed by atoms with Crippen molar-refractivity contribution in [1.82, 2.24) is 5.32 Å². The van der Waals surface area contributed by atoms with Crippen LogP contribution in [-0.2, 0) is 16.0 Å². The lowest BCUT2D eigenvalue weighted by molar-refractivity contribution is -0.137. The van der Waals surface area contributed by atoms with Gasteiger partial charge in [0.2, 0.25) is 0 Å². The van der Waals surface area contributed by atoms with Gasteiger partial charge in [0.25, 0.3) is 0 Å². The number of benzene rings is 3. The first-order valence-corrected chi connectivity index (χ1v) is 11.3. The summed E-state index contributed by atoms with van der Waals surface area (Å²) < 4.78 is 5.61. The minimum Gasteiger partial charge on any atom is -0.481 e. The number of carboxylic acids is 1. The monoisotopic (exact) mass is 443 g/mol. The molecule has 0 heterocycles. The first-order valence-electron chi connectivity index (χ1n) is 11.3. The molecule has 3 aromatic rings. The van der Waals surface area contributed by atoms with Crippen LogP contribution in [0.1, 0.15) is 54.5 Å². The Morgan fingerprint density at radius 2 is 1.48 bits per heavy atom. The Morgan fingerprint density at radius 3 is 2.03 bits per heavy atom. The molecule has 0 saturated heterocycles. The highest BCUT2D eigenvalue weighted by Crippen LogP contribution is 2.44. The third-order valence-corrected chi connectivity index (χ3v) is 6.04. The van der Waals surface area contributed by atoms with E-state index in [2.05, 4.69) is 43.4 Å². The van der Waals surface area contributed by atoms with E-state index in [1.807, 2.05) is 48.5 Å². The van der Waals surface area contributed by atoms with E-state index in [-0.39, 0.29) is 18.9 Å². The molecule has 5 heteroatoms. The third kappa shape index (κ3) is 5.25. The predicted molar refractivity (Wildman–Crippen MR) is 128 cm³/mol. The molecule has 0 aromatic heterocycles. The topological polar surface area (TPSA) is 75.6 Å². The Kier molecular flexibility index (Phi) is 6.78. The first kappa shape index (κ1) is 22.6. The van der Waals surface area contributed by atoms with Crippen molar-refractivity contribution in [1.29, 1.82) is 0 Å². The van der Waals surface area contributed by atoms with E-state index in [9.17, 15) is 14.7 Å². The molecule has 0 spiro atoms. The summed E-state index contributed by atoms with van der Waals surface area (Å²) in [4.78, 5) is 24.1. The molecule has 1 amide bonds. The maximum Gasteiger partial charge on any atom is 0.407 e. The van der Waals surface area contributed by atoms with Crippen LogP contribution < -0.4 is 5.32 Å². The zero-order valence-corrected chi connectivity index (χ0v) is 19.0. The zero-order chi connectivity index (χ0) is 23.4. The number of ether oxygens (including phenoxy) is 1. The van der Waals surface area contributed by atoms with E-state index < -0.39 is 18.1 Å². The van der Waals surface area contributed by atoms with Gasteiger partial charge in [0, 0.05) is 5.92 Å². The smallest absolute Gasteiger partial charge is 0.407 e. The lowest BCUT2D eigenvalue weighted by Crippen LogP contribution is -2.31. The molecule has 1 atom stereocenters. The summed E-state index contributed by atoms with van der Waals surface area (Å²) in [7, 11) is 0. The van der Waals surface area contributed by atoms with Crippen LogP contribution in [0.5, 0.6) is 0 Å². The molecule has 4 rings (SSSR count). The molecule has 0 fully saturated rings. The molecule has 0 aliphatic heterocycles. The highest BCUT2D eigenvalue weighted by Gasteiger charge is 2.29. The fourth-order valence-electron chi connectivity index (χ4n) is 4.57. The average Bonchev–Trinajstić information content (AvgIpc) is 3.11. The van der Waals surface area contributed by atoms with Crippen molar-refractivity contribution in [2.45, 2.75) is 38.6 Å². The van der Waals surface area contributed by atoms with E-state index in [1.165, 1.54) is 5.56 Å². The number of rotatable bonds is 8. The van der Waals surface area contributed by atoms with Gasteiger partial charge in [-0.05, 0) is 45.7 Å². The molecule has 0 bridgehead atoms. The maximum absolute atomic E-state index is 12.7. The standard InChI is InChI=1S/C28H29NO4/c1-18(2)15-19-11-13-20(14-12-19)26(16-27(30)31)29-28(32)33-17-25-23-9-5-3-7-21(23)22-8-4-6-10-24(22)25/h3-14,18,25-26H,15-17H2,1-2H3,(H,29,32)(H,30,31)/t26-/m1/s1. The molecule has 0 radical (unpaired) electrons. The van der Waals surface area contributed by atoms with Crippen molar-refractivity contribution >= 4 is 12.1 Å². The van der Waals surface area contributed by atoms with Crippen LogP contribution in [0.25, 0.3) is 11.1 Å². The fourth-order valence-corrected chi connectivity index (χ4v) is 4.57. The van der Waals surface area contributed by atoms with Gasteiger partial charge < -0.3 is 15.2 Å². The number of aliphatic carboxylic acids is 1. The van der Waals surface area contributed by atoms with Crippen LogP contribution in [-0.4, -0.2) is 23.8 Å². The quantitative estimate of drug-likeness (QED) is 0.452. The zero-order valence-electron chi connectivity index (χ0n) is 19.0. The molecule has 33 heavy (non-hydrogen) atoms. The van der Waals surface area contributed by atoms with Crippen LogP contribution in [0, 0.1) is 5.92 Å². The molecule has 2 N–H and O–H groups in total. The Bertz CT molecular complexity index is 1090. The van der Waals surface area contributed by atoms with Crippen molar-refractivity contribution in [3.05, 3.63) is 95.1 Å². The van der Waals surface area contributed by atoms with Crippen molar-refractivity contribution in [3.63, 3.8) is 0 Å². The fraction of sp³-hybridized carbons (Fsp3) is 0.286. The van der Waals surface area contributed by atoms with Gasteiger partial charge in [-0.15, -0.1) is 0 Å². The lowest BCUT2D eigenvalue weighted by Gasteiger charge is -2.19. The minimum atomic E-state index is -0.981. The molecule has 1 aliphatic carbocycles. The van der Waals surface area contributed by atoms with Crippen molar-refractivity contribution in [2.75, 3.05) is 6.61 Å². The summed E-state index contributed by atoms with van der Waals surface area (Å²) in [6.07, 6.45) is 0.117. The number of carbonyl (C=O) groups is 2. The molecule has 5 nitrogen and oxygen atoms in total. The Morgan fingerprint density at radius 1 is 0.909 bits per heavy atom. The summed E-state index contributed by atoms with van der Waals surface area (Å²) in [5.74, 6) is -0.494. The van der Waals surface area contributed by atoms with Gasteiger partial charge in [0.05, 0.1) is 12.5 Å². The number of carboxylic acid groups (broad SMARTS) is 1. The molecule has 0 unspecified atom stereocenters. The molecular formula is C28H29NO4. The molecule has 0 saturated carbocycles.